The lowest BCUT2D eigenvalue weighted by Gasteiger charge is -2.16. The van der Waals surface area contributed by atoms with E-state index in [1.807, 2.05) is 7.05 Å². The summed E-state index contributed by atoms with van der Waals surface area (Å²) in [4.78, 5) is 0. The highest BCUT2D eigenvalue weighted by atomic mass is 14.9. The van der Waals surface area contributed by atoms with Gasteiger partial charge in [0.05, 0.1) is 0 Å². The molecule has 1 saturated carbocycles. The predicted octanol–water partition coefficient (Wildman–Crippen LogP) is 2.41. The van der Waals surface area contributed by atoms with Crippen molar-refractivity contribution in [2.75, 3.05) is 25.5 Å². The fraction of sp³-hybridized carbons (Fsp3) is 0.538. The molecule has 2 rings (SSSR count). The Hall–Kier alpha value is -1.02. The van der Waals surface area contributed by atoms with Crippen molar-refractivity contribution in [2.24, 2.45) is 5.41 Å². The highest BCUT2D eigenvalue weighted by Crippen LogP contribution is 2.44. The van der Waals surface area contributed by atoms with Gasteiger partial charge in [0.25, 0.3) is 0 Å². The zero-order chi connectivity index (χ0) is 10.7. The van der Waals surface area contributed by atoms with E-state index in [1.54, 1.807) is 0 Å². The second-order valence-electron chi connectivity index (χ2n) is 4.75. The number of nitrogens with one attached hydrogen (secondary N) is 2. The van der Waals surface area contributed by atoms with Gasteiger partial charge in [-0.05, 0) is 44.5 Å². The first-order valence-electron chi connectivity index (χ1n) is 5.69. The van der Waals surface area contributed by atoms with Gasteiger partial charge in [-0.1, -0.05) is 12.1 Å². The number of rotatable bonds is 5. The third kappa shape index (κ3) is 2.72. The van der Waals surface area contributed by atoms with Crippen LogP contribution >= 0.6 is 0 Å². The van der Waals surface area contributed by atoms with Gasteiger partial charge in [0.1, 0.15) is 0 Å². The van der Waals surface area contributed by atoms with E-state index in [0.717, 1.165) is 13.1 Å². The summed E-state index contributed by atoms with van der Waals surface area (Å²) in [5.74, 6) is 0. The van der Waals surface area contributed by atoms with Crippen LogP contribution in [-0.4, -0.2) is 20.1 Å². The Morgan fingerprint density at radius 3 is 2.67 bits per heavy atom. The molecule has 0 aliphatic heterocycles. The minimum Gasteiger partial charge on any atom is -0.384 e. The van der Waals surface area contributed by atoms with E-state index in [1.165, 1.54) is 24.1 Å². The molecule has 0 saturated heterocycles. The monoisotopic (exact) mass is 204 g/mol. The minimum absolute atomic E-state index is 0.526. The summed E-state index contributed by atoms with van der Waals surface area (Å²) in [6, 6.07) is 8.58. The third-order valence-corrected chi connectivity index (χ3v) is 3.19. The van der Waals surface area contributed by atoms with Gasteiger partial charge < -0.3 is 10.6 Å². The van der Waals surface area contributed by atoms with E-state index < -0.39 is 0 Å². The van der Waals surface area contributed by atoms with Crippen LogP contribution in [0.25, 0.3) is 0 Å². The second-order valence-corrected chi connectivity index (χ2v) is 4.75. The fourth-order valence-electron chi connectivity index (χ4n) is 2.01. The first-order valence-corrected chi connectivity index (χ1v) is 5.69. The third-order valence-electron chi connectivity index (χ3n) is 3.19. The lowest BCUT2D eigenvalue weighted by atomic mass is 10.1. The molecule has 0 spiro atoms. The van der Waals surface area contributed by atoms with Crippen molar-refractivity contribution in [3.63, 3.8) is 0 Å². The summed E-state index contributed by atoms with van der Waals surface area (Å²) in [6.45, 7) is 4.36. The molecule has 1 aromatic rings. The molecule has 0 unspecified atom stereocenters. The van der Waals surface area contributed by atoms with E-state index in [-0.39, 0.29) is 0 Å². The van der Waals surface area contributed by atoms with Gasteiger partial charge >= 0.3 is 0 Å². The molecule has 82 valence electrons. The Balaban J connectivity index is 1.88. The summed E-state index contributed by atoms with van der Waals surface area (Å²) in [7, 11) is 2.03. The zero-order valence-corrected chi connectivity index (χ0v) is 9.64. The maximum atomic E-state index is 3.53. The largest absolute Gasteiger partial charge is 0.384 e. The first kappa shape index (κ1) is 10.5. The first-order chi connectivity index (χ1) is 7.24. The predicted molar refractivity (Wildman–Crippen MR) is 65.3 cm³/mol. The summed E-state index contributed by atoms with van der Waals surface area (Å²) >= 11 is 0. The number of hydrogen-bond acceptors (Lipinski definition) is 2. The summed E-state index contributed by atoms with van der Waals surface area (Å²) in [5.41, 5.74) is 3.09. The number of benzene rings is 1. The molecular weight excluding hydrogens is 184 g/mol. The van der Waals surface area contributed by atoms with E-state index in [2.05, 4.69) is 41.8 Å². The Morgan fingerprint density at radius 1 is 1.27 bits per heavy atom. The average molecular weight is 204 g/mol. The van der Waals surface area contributed by atoms with Crippen molar-refractivity contribution in [1.82, 2.24) is 5.32 Å². The smallest absolute Gasteiger partial charge is 0.0343 e. The van der Waals surface area contributed by atoms with Gasteiger partial charge in [-0.15, -0.1) is 0 Å². The van der Waals surface area contributed by atoms with E-state index in [9.17, 15) is 0 Å². The van der Waals surface area contributed by atoms with Crippen molar-refractivity contribution >= 4 is 5.69 Å². The van der Waals surface area contributed by atoms with Crippen LogP contribution in [0.3, 0.4) is 0 Å². The summed E-state index contributed by atoms with van der Waals surface area (Å²) < 4.78 is 0. The van der Waals surface area contributed by atoms with Crippen LogP contribution in [0.2, 0.25) is 0 Å². The Bertz CT molecular complexity index is 329. The average Bonchev–Trinajstić information content (AvgIpc) is 2.97. The maximum absolute atomic E-state index is 3.53. The van der Waals surface area contributed by atoms with Crippen LogP contribution in [0, 0.1) is 12.3 Å². The van der Waals surface area contributed by atoms with Crippen LogP contribution in [0.15, 0.2) is 24.3 Å². The molecule has 15 heavy (non-hydrogen) atoms. The molecule has 1 fully saturated rings. The fourth-order valence-corrected chi connectivity index (χ4v) is 2.01. The van der Waals surface area contributed by atoms with E-state index in [4.69, 9.17) is 0 Å². The molecule has 0 heterocycles. The van der Waals surface area contributed by atoms with Crippen LogP contribution in [0.5, 0.6) is 0 Å². The van der Waals surface area contributed by atoms with Crippen LogP contribution in [0.4, 0.5) is 5.69 Å². The number of aryl methyl sites for hydroxylation is 1. The molecule has 0 aromatic heterocycles. The molecule has 2 nitrogen and oxygen atoms in total. The van der Waals surface area contributed by atoms with Crippen molar-refractivity contribution in [1.29, 1.82) is 0 Å². The van der Waals surface area contributed by atoms with Gasteiger partial charge in [0.15, 0.2) is 0 Å². The number of hydrogen-bond donors (Lipinski definition) is 2. The molecular formula is C13H20N2. The summed E-state index contributed by atoms with van der Waals surface area (Å²) in [6.07, 6.45) is 2.71. The molecule has 2 heteroatoms. The molecule has 0 radical (unpaired) electrons. The maximum Gasteiger partial charge on any atom is 0.0343 e. The Labute approximate surface area is 92.1 Å². The van der Waals surface area contributed by atoms with E-state index >= 15 is 0 Å². The normalized spacial score (nSPS) is 17.5. The quantitative estimate of drug-likeness (QED) is 0.769. The molecule has 0 amide bonds. The van der Waals surface area contributed by atoms with Crippen molar-refractivity contribution < 1.29 is 0 Å². The highest BCUT2D eigenvalue weighted by Gasteiger charge is 2.41. The second kappa shape index (κ2) is 4.23. The lowest BCUT2D eigenvalue weighted by Crippen LogP contribution is -2.26. The topological polar surface area (TPSA) is 24.1 Å². The molecule has 1 aliphatic carbocycles. The van der Waals surface area contributed by atoms with Crippen molar-refractivity contribution in [2.45, 2.75) is 19.8 Å². The van der Waals surface area contributed by atoms with Gasteiger partial charge in [-0.25, -0.2) is 0 Å². The Kier molecular flexibility index (Phi) is 2.96. The molecule has 1 aliphatic rings. The van der Waals surface area contributed by atoms with Crippen LogP contribution < -0.4 is 10.6 Å². The molecule has 0 atom stereocenters. The van der Waals surface area contributed by atoms with Gasteiger partial charge in [0.2, 0.25) is 0 Å². The highest BCUT2D eigenvalue weighted by molar-refractivity contribution is 5.45. The minimum atomic E-state index is 0.526. The van der Waals surface area contributed by atoms with Gasteiger partial charge in [-0.3, -0.25) is 0 Å². The van der Waals surface area contributed by atoms with Gasteiger partial charge in [-0.2, -0.15) is 0 Å². The molecule has 2 N–H and O–H groups in total. The SMILES string of the molecule is CNCC1(CNc2cccc(C)c2)CC1. The van der Waals surface area contributed by atoms with Crippen LogP contribution in [0.1, 0.15) is 18.4 Å². The standard InChI is InChI=1S/C13H20N2/c1-11-4-3-5-12(8-11)15-10-13(6-7-13)9-14-2/h3-5,8,14-15H,6-7,9-10H2,1-2H3. The van der Waals surface area contributed by atoms with Crippen LogP contribution in [-0.2, 0) is 0 Å². The molecule has 1 aromatic carbocycles. The van der Waals surface area contributed by atoms with Crippen molar-refractivity contribution in [3.8, 4) is 0 Å². The summed E-state index contributed by atoms with van der Waals surface area (Å²) in [5, 5.41) is 6.81. The Morgan fingerprint density at radius 2 is 2.07 bits per heavy atom. The van der Waals surface area contributed by atoms with E-state index in [0.29, 0.717) is 5.41 Å². The van der Waals surface area contributed by atoms with Crippen molar-refractivity contribution in [3.05, 3.63) is 29.8 Å². The lowest BCUT2D eigenvalue weighted by molar-refractivity contribution is 0.507. The van der Waals surface area contributed by atoms with Gasteiger partial charge in [0, 0.05) is 24.2 Å². The number of anilines is 1. The molecule has 0 bridgehead atoms. The zero-order valence-electron chi connectivity index (χ0n) is 9.64.